The number of halogens is 1. The number of hydrogen-bond donors (Lipinski definition) is 2. The summed E-state index contributed by atoms with van der Waals surface area (Å²) in [5.41, 5.74) is 0.583. The number of unbranched alkanes of at least 4 members (excludes halogenated alkanes) is 1. The van der Waals surface area contributed by atoms with Gasteiger partial charge in [-0.05, 0) is 44.6 Å². The molecule has 1 aromatic carbocycles. The molecule has 2 N–H and O–H groups in total. The van der Waals surface area contributed by atoms with Crippen LogP contribution < -0.4 is 20.1 Å². The number of carbonyl (C=O) groups excluding carboxylic acids is 1. The molecule has 0 saturated heterocycles. The fourth-order valence-corrected chi connectivity index (χ4v) is 1.82. The monoisotopic (exact) mass is 330 g/mol. The lowest BCUT2D eigenvalue weighted by atomic mass is 10.2. The number of amides is 1. The highest BCUT2D eigenvalue weighted by Crippen LogP contribution is 2.28. The number of hydrogen-bond acceptors (Lipinski definition) is 4. The smallest absolute Gasteiger partial charge is 0.251 e. The highest BCUT2D eigenvalue weighted by molar-refractivity contribution is 5.94. The Morgan fingerprint density at radius 1 is 1.18 bits per heavy atom. The third-order valence-electron chi connectivity index (χ3n) is 3.07. The van der Waals surface area contributed by atoms with Crippen LogP contribution in [-0.2, 0) is 0 Å². The van der Waals surface area contributed by atoms with Crippen LogP contribution >= 0.6 is 12.4 Å². The van der Waals surface area contributed by atoms with Crippen molar-refractivity contribution in [1.29, 1.82) is 0 Å². The zero-order valence-corrected chi connectivity index (χ0v) is 14.4. The lowest BCUT2D eigenvalue weighted by molar-refractivity contribution is 0.0953. The largest absolute Gasteiger partial charge is 0.493 e. The molecule has 1 rings (SSSR count). The summed E-state index contributed by atoms with van der Waals surface area (Å²) in [6.45, 7) is 4.30. The second kappa shape index (κ2) is 12.1. The van der Waals surface area contributed by atoms with Crippen molar-refractivity contribution in [3.8, 4) is 11.5 Å². The predicted octanol–water partition coefficient (Wildman–Crippen LogP) is 2.64. The molecule has 0 heterocycles. The second-order valence-corrected chi connectivity index (χ2v) is 4.78. The molecule has 0 aromatic heterocycles. The topological polar surface area (TPSA) is 59.6 Å². The van der Waals surface area contributed by atoms with Crippen LogP contribution in [0.15, 0.2) is 18.2 Å². The van der Waals surface area contributed by atoms with E-state index >= 15 is 0 Å². The van der Waals surface area contributed by atoms with Crippen molar-refractivity contribution in [2.75, 3.05) is 33.9 Å². The molecule has 0 atom stereocenters. The van der Waals surface area contributed by atoms with Crippen LogP contribution in [0, 0.1) is 0 Å². The molecule has 1 amide bonds. The molecule has 0 radical (unpaired) electrons. The first-order valence-electron chi connectivity index (χ1n) is 7.46. The highest BCUT2D eigenvalue weighted by Gasteiger charge is 2.10. The van der Waals surface area contributed by atoms with Crippen LogP contribution in [0.25, 0.3) is 0 Å². The molecule has 5 nitrogen and oxygen atoms in total. The molecule has 0 aliphatic rings. The molecule has 0 unspecified atom stereocenters. The molecule has 0 aliphatic heterocycles. The van der Waals surface area contributed by atoms with Crippen molar-refractivity contribution >= 4 is 18.3 Å². The maximum Gasteiger partial charge on any atom is 0.251 e. The summed E-state index contributed by atoms with van der Waals surface area (Å²) >= 11 is 0. The predicted molar refractivity (Wildman–Crippen MR) is 91.5 cm³/mol. The molecular formula is C16H27ClN2O3. The van der Waals surface area contributed by atoms with E-state index in [2.05, 4.69) is 17.6 Å². The van der Waals surface area contributed by atoms with Gasteiger partial charge in [-0.15, -0.1) is 12.4 Å². The molecule has 0 spiro atoms. The average Bonchev–Trinajstić information content (AvgIpc) is 2.51. The summed E-state index contributed by atoms with van der Waals surface area (Å²) in [7, 11) is 3.47. The van der Waals surface area contributed by atoms with Gasteiger partial charge in [0, 0.05) is 12.1 Å². The van der Waals surface area contributed by atoms with Crippen molar-refractivity contribution < 1.29 is 14.3 Å². The Bertz CT molecular complexity index is 441. The zero-order valence-electron chi connectivity index (χ0n) is 13.6. The average molecular weight is 331 g/mol. The zero-order chi connectivity index (χ0) is 15.5. The van der Waals surface area contributed by atoms with Gasteiger partial charge in [0.15, 0.2) is 11.5 Å². The molecule has 0 saturated carbocycles. The van der Waals surface area contributed by atoms with Crippen LogP contribution in [0.5, 0.6) is 11.5 Å². The van der Waals surface area contributed by atoms with Crippen LogP contribution in [0.1, 0.15) is 36.5 Å². The summed E-state index contributed by atoms with van der Waals surface area (Å²) in [6.07, 6.45) is 2.98. The summed E-state index contributed by atoms with van der Waals surface area (Å²) in [5, 5.41) is 5.92. The quantitative estimate of drug-likeness (QED) is 0.647. The first-order valence-corrected chi connectivity index (χ1v) is 7.46. The van der Waals surface area contributed by atoms with Crippen LogP contribution in [0.4, 0.5) is 0 Å². The van der Waals surface area contributed by atoms with Crippen LogP contribution in [-0.4, -0.2) is 39.8 Å². The van der Waals surface area contributed by atoms with E-state index in [-0.39, 0.29) is 18.3 Å². The van der Waals surface area contributed by atoms with E-state index in [4.69, 9.17) is 9.47 Å². The van der Waals surface area contributed by atoms with Gasteiger partial charge in [0.2, 0.25) is 0 Å². The molecule has 0 fully saturated rings. The van der Waals surface area contributed by atoms with E-state index in [1.165, 1.54) is 0 Å². The van der Waals surface area contributed by atoms with Crippen LogP contribution in [0.3, 0.4) is 0 Å². The molecule has 1 aromatic rings. The van der Waals surface area contributed by atoms with Gasteiger partial charge in [0.1, 0.15) is 0 Å². The molecule has 0 aliphatic carbocycles. The normalized spacial score (nSPS) is 9.77. The van der Waals surface area contributed by atoms with Gasteiger partial charge in [0.25, 0.3) is 5.91 Å². The van der Waals surface area contributed by atoms with E-state index in [0.29, 0.717) is 30.2 Å². The van der Waals surface area contributed by atoms with Crippen molar-refractivity contribution in [3.63, 3.8) is 0 Å². The third-order valence-corrected chi connectivity index (χ3v) is 3.07. The van der Waals surface area contributed by atoms with E-state index in [0.717, 1.165) is 25.8 Å². The van der Waals surface area contributed by atoms with Gasteiger partial charge < -0.3 is 20.1 Å². The Kier molecular flexibility index (Phi) is 11.3. The first kappa shape index (κ1) is 20.5. The van der Waals surface area contributed by atoms with Gasteiger partial charge in [-0.2, -0.15) is 0 Å². The van der Waals surface area contributed by atoms with Gasteiger partial charge in [0.05, 0.1) is 13.7 Å². The first-order chi connectivity index (χ1) is 10.2. The summed E-state index contributed by atoms with van der Waals surface area (Å²) < 4.78 is 10.9. The van der Waals surface area contributed by atoms with Gasteiger partial charge >= 0.3 is 0 Å². The standard InChI is InChI=1S/C16H26N2O3.ClH/c1-4-5-11-21-14-8-7-13(12-15(14)20-3)16(19)18-10-6-9-17-2;/h7-8,12,17H,4-6,9-11H2,1-3H3,(H,18,19);1H. The number of methoxy groups -OCH3 is 1. The minimum atomic E-state index is -0.0930. The van der Waals surface area contributed by atoms with Crippen LogP contribution in [0.2, 0.25) is 0 Å². The molecule has 22 heavy (non-hydrogen) atoms. The van der Waals surface area contributed by atoms with Crippen molar-refractivity contribution in [3.05, 3.63) is 23.8 Å². The molecule has 126 valence electrons. The number of nitrogens with one attached hydrogen (secondary N) is 2. The maximum atomic E-state index is 12.0. The van der Waals surface area contributed by atoms with E-state index in [1.54, 1.807) is 25.3 Å². The number of benzene rings is 1. The van der Waals surface area contributed by atoms with Crippen molar-refractivity contribution in [2.24, 2.45) is 0 Å². The van der Waals surface area contributed by atoms with E-state index in [1.807, 2.05) is 7.05 Å². The Morgan fingerprint density at radius 3 is 2.59 bits per heavy atom. The number of carbonyl (C=O) groups is 1. The number of rotatable bonds is 10. The third kappa shape index (κ3) is 7.00. The SMILES string of the molecule is CCCCOc1ccc(C(=O)NCCCNC)cc1OC.Cl. The fraction of sp³-hybridized carbons (Fsp3) is 0.562. The summed E-state index contributed by atoms with van der Waals surface area (Å²) in [5.74, 6) is 1.18. The lowest BCUT2D eigenvalue weighted by Crippen LogP contribution is -2.26. The Balaban J connectivity index is 0.00000441. The Labute approximate surface area is 139 Å². The maximum absolute atomic E-state index is 12.0. The minimum absolute atomic E-state index is 0. The molecular weight excluding hydrogens is 304 g/mol. The minimum Gasteiger partial charge on any atom is -0.493 e. The summed E-state index contributed by atoms with van der Waals surface area (Å²) in [6, 6.07) is 5.27. The molecule has 0 bridgehead atoms. The van der Waals surface area contributed by atoms with Gasteiger partial charge in [-0.1, -0.05) is 13.3 Å². The van der Waals surface area contributed by atoms with E-state index in [9.17, 15) is 4.79 Å². The Hall–Kier alpha value is -1.46. The van der Waals surface area contributed by atoms with Gasteiger partial charge in [-0.3, -0.25) is 4.79 Å². The number of ether oxygens (including phenoxy) is 2. The van der Waals surface area contributed by atoms with Gasteiger partial charge in [-0.25, -0.2) is 0 Å². The Morgan fingerprint density at radius 2 is 1.95 bits per heavy atom. The lowest BCUT2D eigenvalue weighted by Gasteiger charge is -2.12. The van der Waals surface area contributed by atoms with Crippen molar-refractivity contribution in [2.45, 2.75) is 26.2 Å². The molecule has 6 heteroatoms. The van der Waals surface area contributed by atoms with Crippen molar-refractivity contribution in [1.82, 2.24) is 10.6 Å². The second-order valence-electron chi connectivity index (χ2n) is 4.78. The highest BCUT2D eigenvalue weighted by atomic mass is 35.5. The fourth-order valence-electron chi connectivity index (χ4n) is 1.82. The van der Waals surface area contributed by atoms with E-state index < -0.39 is 0 Å². The summed E-state index contributed by atoms with van der Waals surface area (Å²) in [4.78, 5) is 12.0.